The van der Waals surface area contributed by atoms with E-state index in [9.17, 15) is 0 Å². The number of hydrogen-bond donors (Lipinski definition) is 0. The van der Waals surface area contributed by atoms with E-state index in [2.05, 4.69) is 12.2 Å². The van der Waals surface area contributed by atoms with Gasteiger partial charge in [0.25, 0.3) is 0 Å². The first-order valence-corrected chi connectivity index (χ1v) is 7.97. The summed E-state index contributed by atoms with van der Waals surface area (Å²) in [7, 11) is 0. The SMILES string of the molecule is C1=COC(C2CCCCC2)C(C2CCCCC2)=C1. The Morgan fingerprint density at radius 3 is 2.22 bits per heavy atom. The molecule has 0 aromatic rings. The molecule has 0 aromatic carbocycles. The first-order valence-electron chi connectivity index (χ1n) is 7.97. The Hall–Kier alpha value is -0.720. The van der Waals surface area contributed by atoms with E-state index in [0.29, 0.717) is 6.10 Å². The van der Waals surface area contributed by atoms with E-state index in [4.69, 9.17) is 4.74 Å². The Labute approximate surface area is 111 Å². The molecule has 0 radical (unpaired) electrons. The second kappa shape index (κ2) is 5.95. The molecule has 0 aromatic heterocycles. The van der Waals surface area contributed by atoms with Crippen LogP contribution in [0, 0.1) is 11.8 Å². The van der Waals surface area contributed by atoms with Crippen molar-refractivity contribution in [1.82, 2.24) is 0 Å². The molecule has 1 heteroatoms. The Kier molecular flexibility index (Phi) is 4.07. The zero-order valence-electron chi connectivity index (χ0n) is 11.4. The Morgan fingerprint density at radius 2 is 1.50 bits per heavy atom. The van der Waals surface area contributed by atoms with Crippen LogP contribution in [0.1, 0.15) is 64.2 Å². The number of hydrogen-bond acceptors (Lipinski definition) is 1. The van der Waals surface area contributed by atoms with Crippen molar-refractivity contribution in [2.45, 2.75) is 70.3 Å². The van der Waals surface area contributed by atoms with Crippen LogP contribution in [-0.2, 0) is 4.74 Å². The van der Waals surface area contributed by atoms with Gasteiger partial charge in [0.05, 0.1) is 6.26 Å². The molecule has 0 saturated heterocycles. The predicted molar refractivity (Wildman–Crippen MR) is 75.2 cm³/mol. The van der Waals surface area contributed by atoms with Gasteiger partial charge < -0.3 is 4.74 Å². The lowest BCUT2D eigenvalue weighted by Crippen LogP contribution is -2.31. The molecular formula is C17H26O. The van der Waals surface area contributed by atoms with Gasteiger partial charge in [-0.1, -0.05) is 44.6 Å². The molecule has 1 heterocycles. The molecule has 1 atom stereocenters. The van der Waals surface area contributed by atoms with E-state index in [1.165, 1.54) is 64.2 Å². The standard InChI is InChI=1S/C17H26O/c1-3-8-14(9-4-1)16-12-7-13-18-17(16)15-10-5-2-6-11-15/h7,12-15,17H,1-6,8-11H2. The Bertz CT molecular complexity index is 317. The normalized spacial score (nSPS) is 30.9. The summed E-state index contributed by atoms with van der Waals surface area (Å²) < 4.78 is 6.03. The van der Waals surface area contributed by atoms with Gasteiger partial charge in [-0.3, -0.25) is 0 Å². The van der Waals surface area contributed by atoms with Crippen LogP contribution < -0.4 is 0 Å². The number of ether oxygens (including phenoxy) is 1. The second-order valence-corrected chi connectivity index (χ2v) is 6.28. The quantitative estimate of drug-likeness (QED) is 0.667. The van der Waals surface area contributed by atoms with E-state index < -0.39 is 0 Å². The van der Waals surface area contributed by atoms with E-state index >= 15 is 0 Å². The zero-order chi connectivity index (χ0) is 12.2. The average molecular weight is 246 g/mol. The largest absolute Gasteiger partial charge is 0.493 e. The van der Waals surface area contributed by atoms with Gasteiger partial charge in [0, 0.05) is 0 Å². The molecule has 0 N–H and O–H groups in total. The van der Waals surface area contributed by atoms with Crippen LogP contribution in [0.5, 0.6) is 0 Å². The Balaban J connectivity index is 1.71. The molecule has 18 heavy (non-hydrogen) atoms. The maximum absolute atomic E-state index is 6.03. The van der Waals surface area contributed by atoms with Gasteiger partial charge in [-0.2, -0.15) is 0 Å². The molecule has 1 unspecified atom stereocenters. The topological polar surface area (TPSA) is 9.23 Å². The molecular weight excluding hydrogens is 220 g/mol. The summed E-state index contributed by atoms with van der Waals surface area (Å²) in [4.78, 5) is 0. The fourth-order valence-corrected chi connectivity index (χ4v) is 4.08. The fourth-order valence-electron chi connectivity index (χ4n) is 4.08. The highest BCUT2D eigenvalue weighted by Crippen LogP contribution is 2.39. The fraction of sp³-hybridized carbons (Fsp3) is 0.765. The van der Waals surface area contributed by atoms with Gasteiger partial charge >= 0.3 is 0 Å². The van der Waals surface area contributed by atoms with Gasteiger partial charge in [0.2, 0.25) is 0 Å². The Morgan fingerprint density at radius 1 is 0.833 bits per heavy atom. The van der Waals surface area contributed by atoms with Crippen molar-refractivity contribution in [2.75, 3.05) is 0 Å². The molecule has 1 nitrogen and oxygen atoms in total. The molecule has 0 amide bonds. The highest BCUT2D eigenvalue weighted by molar-refractivity contribution is 5.23. The van der Waals surface area contributed by atoms with Crippen LogP contribution in [0.3, 0.4) is 0 Å². The lowest BCUT2D eigenvalue weighted by molar-refractivity contribution is 0.0796. The van der Waals surface area contributed by atoms with Crippen LogP contribution in [0.15, 0.2) is 24.0 Å². The minimum absolute atomic E-state index is 0.415. The summed E-state index contributed by atoms with van der Waals surface area (Å²) >= 11 is 0. The highest BCUT2D eigenvalue weighted by atomic mass is 16.5. The number of rotatable bonds is 2. The van der Waals surface area contributed by atoms with Crippen molar-refractivity contribution in [3.05, 3.63) is 24.0 Å². The summed E-state index contributed by atoms with van der Waals surface area (Å²) in [6, 6.07) is 0. The minimum Gasteiger partial charge on any atom is -0.493 e. The van der Waals surface area contributed by atoms with Crippen LogP contribution >= 0.6 is 0 Å². The van der Waals surface area contributed by atoms with E-state index in [-0.39, 0.29) is 0 Å². The van der Waals surface area contributed by atoms with Crippen LogP contribution in [-0.4, -0.2) is 6.10 Å². The summed E-state index contributed by atoms with van der Waals surface area (Å²) in [5.74, 6) is 1.60. The highest BCUT2D eigenvalue weighted by Gasteiger charge is 2.32. The molecule has 2 fully saturated rings. The average Bonchev–Trinajstić information content (AvgIpc) is 2.49. The van der Waals surface area contributed by atoms with Crippen molar-refractivity contribution in [1.29, 1.82) is 0 Å². The molecule has 0 spiro atoms. The van der Waals surface area contributed by atoms with Gasteiger partial charge in [-0.05, 0) is 49.2 Å². The lowest BCUT2D eigenvalue weighted by Gasteiger charge is -2.37. The molecule has 3 aliphatic rings. The van der Waals surface area contributed by atoms with E-state index in [0.717, 1.165) is 11.8 Å². The molecule has 3 rings (SSSR count). The van der Waals surface area contributed by atoms with Crippen LogP contribution in [0.4, 0.5) is 0 Å². The zero-order valence-corrected chi connectivity index (χ0v) is 11.4. The molecule has 2 aliphatic carbocycles. The van der Waals surface area contributed by atoms with Crippen LogP contribution in [0.2, 0.25) is 0 Å². The monoisotopic (exact) mass is 246 g/mol. The summed E-state index contributed by atoms with van der Waals surface area (Å²) in [5.41, 5.74) is 1.63. The molecule has 2 saturated carbocycles. The van der Waals surface area contributed by atoms with Gasteiger partial charge in [0.15, 0.2) is 0 Å². The van der Waals surface area contributed by atoms with Crippen molar-refractivity contribution < 1.29 is 4.74 Å². The molecule has 100 valence electrons. The van der Waals surface area contributed by atoms with Gasteiger partial charge in [-0.25, -0.2) is 0 Å². The third kappa shape index (κ3) is 2.65. The van der Waals surface area contributed by atoms with E-state index in [1.54, 1.807) is 5.57 Å². The van der Waals surface area contributed by atoms with Gasteiger partial charge in [0.1, 0.15) is 6.10 Å². The summed E-state index contributed by atoms with van der Waals surface area (Å²) in [5, 5.41) is 0. The molecule has 1 aliphatic heterocycles. The summed E-state index contributed by atoms with van der Waals surface area (Å²) in [6.07, 6.45) is 20.9. The molecule has 0 bridgehead atoms. The van der Waals surface area contributed by atoms with Crippen molar-refractivity contribution in [3.63, 3.8) is 0 Å². The van der Waals surface area contributed by atoms with Crippen molar-refractivity contribution in [3.8, 4) is 0 Å². The first-order chi connectivity index (χ1) is 8.95. The first kappa shape index (κ1) is 12.3. The van der Waals surface area contributed by atoms with Crippen molar-refractivity contribution >= 4 is 0 Å². The maximum Gasteiger partial charge on any atom is 0.122 e. The van der Waals surface area contributed by atoms with E-state index in [1.807, 2.05) is 6.26 Å². The number of allylic oxidation sites excluding steroid dienone is 2. The lowest BCUT2D eigenvalue weighted by atomic mass is 9.75. The third-order valence-electron chi connectivity index (χ3n) is 5.08. The smallest absolute Gasteiger partial charge is 0.122 e. The third-order valence-corrected chi connectivity index (χ3v) is 5.08. The van der Waals surface area contributed by atoms with Gasteiger partial charge in [-0.15, -0.1) is 0 Å². The minimum atomic E-state index is 0.415. The summed E-state index contributed by atoms with van der Waals surface area (Å²) in [6.45, 7) is 0. The predicted octanol–water partition coefficient (Wildman–Crippen LogP) is 4.99. The van der Waals surface area contributed by atoms with Crippen LogP contribution in [0.25, 0.3) is 0 Å². The second-order valence-electron chi connectivity index (χ2n) is 6.28. The maximum atomic E-state index is 6.03. The van der Waals surface area contributed by atoms with Crippen molar-refractivity contribution in [2.24, 2.45) is 11.8 Å².